The van der Waals surface area contributed by atoms with Crippen LogP contribution in [0.5, 0.6) is 0 Å². The first-order chi connectivity index (χ1) is 9.31. The lowest BCUT2D eigenvalue weighted by Gasteiger charge is -2.17. The molecule has 19 heavy (non-hydrogen) atoms. The van der Waals surface area contributed by atoms with Crippen LogP contribution in [0.2, 0.25) is 0 Å². The highest BCUT2D eigenvalue weighted by Crippen LogP contribution is 2.32. The Bertz CT molecular complexity index is 377. The fourth-order valence-corrected chi connectivity index (χ4v) is 1.95. The SMILES string of the molecule is CCOC(CNc1cc(CC2CC2)ncn1)OCC. The van der Waals surface area contributed by atoms with Crippen LogP contribution in [0.15, 0.2) is 12.4 Å². The van der Waals surface area contributed by atoms with E-state index in [-0.39, 0.29) is 6.29 Å². The van der Waals surface area contributed by atoms with E-state index in [1.807, 2.05) is 19.9 Å². The van der Waals surface area contributed by atoms with Crippen molar-refractivity contribution in [1.82, 2.24) is 9.97 Å². The third kappa shape index (κ3) is 5.12. The average Bonchev–Trinajstić information content (AvgIpc) is 3.21. The van der Waals surface area contributed by atoms with E-state index in [2.05, 4.69) is 15.3 Å². The Kier molecular flexibility index (Phi) is 5.54. The van der Waals surface area contributed by atoms with Crippen molar-refractivity contribution in [2.45, 2.75) is 39.4 Å². The van der Waals surface area contributed by atoms with Crippen molar-refractivity contribution in [1.29, 1.82) is 0 Å². The van der Waals surface area contributed by atoms with Crippen LogP contribution in [-0.4, -0.2) is 36.0 Å². The minimum atomic E-state index is -0.225. The lowest BCUT2D eigenvalue weighted by atomic mass is 10.2. The average molecular weight is 265 g/mol. The summed E-state index contributed by atoms with van der Waals surface area (Å²) in [6, 6.07) is 2.02. The molecule has 1 aromatic heterocycles. The molecule has 1 N–H and O–H groups in total. The van der Waals surface area contributed by atoms with Crippen LogP contribution in [0.1, 0.15) is 32.4 Å². The summed E-state index contributed by atoms with van der Waals surface area (Å²) >= 11 is 0. The number of nitrogens with zero attached hydrogens (tertiary/aromatic N) is 2. The molecule has 0 saturated heterocycles. The van der Waals surface area contributed by atoms with Crippen molar-refractivity contribution in [3.05, 3.63) is 18.1 Å². The third-order valence-corrected chi connectivity index (χ3v) is 3.07. The van der Waals surface area contributed by atoms with Crippen molar-refractivity contribution in [2.75, 3.05) is 25.1 Å². The van der Waals surface area contributed by atoms with Gasteiger partial charge >= 0.3 is 0 Å². The van der Waals surface area contributed by atoms with Gasteiger partial charge in [0.05, 0.1) is 6.54 Å². The number of anilines is 1. The van der Waals surface area contributed by atoms with Crippen molar-refractivity contribution >= 4 is 5.82 Å². The van der Waals surface area contributed by atoms with Gasteiger partial charge < -0.3 is 14.8 Å². The summed E-state index contributed by atoms with van der Waals surface area (Å²) in [4.78, 5) is 8.53. The predicted molar refractivity (Wildman–Crippen MR) is 74.0 cm³/mol. The summed E-state index contributed by atoms with van der Waals surface area (Å²) in [6.07, 6.45) is 5.14. The first-order valence-electron chi connectivity index (χ1n) is 7.09. The lowest BCUT2D eigenvalue weighted by molar-refractivity contribution is -0.126. The molecule has 1 aromatic rings. The van der Waals surface area contributed by atoms with Gasteiger partial charge in [0.1, 0.15) is 12.1 Å². The summed E-state index contributed by atoms with van der Waals surface area (Å²) in [5, 5.41) is 3.25. The predicted octanol–water partition coefficient (Wildman–Crippen LogP) is 2.24. The van der Waals surface area contributed by atoms with Crippen LogP contribution in [0, 0.1) is 5.92 Å². The second-order valence-corrected chi connectivity index (χ2v) is 4.76. The number of hydrogen-bond donors (Lipinski definition) is 1. The highest BCUT2D eigenvalue weighted by molar-refractivity contribution is 5.35. The Morgan fingerprint density at radius 1 is 1.26 bits per heavy atom. The standard InChI is InChI=1S/C14H23N3O2/c1-3-18-14(19-4-2)9-15-13-8-12(16-10-17-13)7-11-5-6-11/h8,10-11,14H,3-7,9H2,1-2H3,(H,15,16,17). The van der Waals surface area contributed by atoms with E-state index >= 15 is 0 Å². The van der Waals surface area contributed by atoms with Crippen molar-refractivity contribution < 1.29 is 9.47 Å². The summed E-state index contributed by atoms with van der Waals surface area (Å²) in [6.45, 7) is 5.81. The molecule has 1 aliphatic carbocycles. The zero-order valence-electron chi connectivity index (χ0n) is 11.8. The molecule has 0 spiro atoms. The molecule has 0 aromatic carbocycles. The van der Waals surface area contributed by atoms with E-state index in [0.717, 1.165) is 23.9 Å². The Balaban J connectivity index is 1.83. The maximum atomic E-state index is 5.48. The number of ether oxygens (including phenoxy) is 2. The molecule has 0 unspecified atom stereocenters. The Morgan fingerprint density at radius 2 is 2.00 bits per heavy atom. The van der Waals surface area contributed by atoms with Gasteiger partial charge in [0.2, 0.25) is 0 Å². The fourth-order valence-electron chi connectivity index (χ4n) is 1.95. The molecule has 1 saturated carbocycles. The Hall–Kier alpha value is -1.20. The Labute approximate surface area is 114 Å². The fraction of sp³-hybridized carbons (Fsp3) is 0.714. The maximum Gasteiger partial charge on any atom is 0.174 e. The molecule has 0 atom stereocenters. The molecular weight excluding hydrogens is 242 g/mol. The minimum Gasteiger partial charge on any atom is -0.365 e. The molecule has 0 aliphatic heterocycles. The number of hydrogen-bond acceptors (Lipinski definition) is 5. The summed E-state index contributed by atoms with van der Waals surface area (Å²) in [5.74, 6) is 1.68. The molecule has 106 valence electrons. The molecule has 0 amide bonds. The zero-order valence-corrected chi connectivity index (χ0v) is 11.8. The van der Waals surface area contributed by atoms with Gasteiger partial charge in [-0.3, -0.25) is 0 Å². The molecule has 0 bridgehead atoms. The van der Waals surface area contributed by atoms with E-state index in [1.165, 1.54) is 12.8 Å². The van der Waals surface area contributed by atoms with E-state index in [4.69, 9.17) is 9.47 Å². The molecule has 1 fully saturated rings. The topological polar surface area (TPSA) is 56.3 Å². The number of rotatable bonds is 9. The van der Waals surface area contributed by atoms with Gasteiger partial charge in [0, 0.05) is 25.0 Å². The lowest BCUT2D eigenvalue weighted by Crippen LogP contribution is -2.26. The zero-order chi connectivity index (χ0) is 13.5. The van der Waals surface area contributed by atoms with Gasteiger partial charge in [0.25, 0.3) is 0 Å². The molecule has 5 heteroatoms. The molecule has 1 heterocycles. The molecule has 2 rings (SSSR count). The molecular formula is C14H23N3O2. The Morgan fingerprint density at radius 3 is 2.63 bits per heavy atom. The summed E-state index contributed by atoms with van der Waals surface area (Å²) in [7, 11) is 0. The van der Waals surface area contributed by atoms with E-state index in [0.29, 0.717) is 19.8 Å². The van der Waals surface area contributed by atoms with Crippen LogP contribution in [0.25, 0.3) is 0 Å². The second-order valence-electron chi connectivity index (χ2n) is 4.76. The van der Waals surface area contributed by atoms with Gasteiger partial charge in [0.15, 0.2) is 6.29 Å². The van der Waals surface area contributed by atoms with Gasteiger partial charge in [-0.05, 0) is 39.0 Å². The number of nitrogens with one attached hydrogen (secondary N) is 1. The van der Waals surface area contributed by atoms with Crippen molar-refractivity contribution in [3.63, 3.8) is 0 Å². The monoisotopic (exact) mass is 265 g/mol. The van der Waals surface area contributed by atoms with Gasteiger partial charge in [-0.2, -0.15) is 0 Å². The normalized spacial score (nSPS) is 14.9. The first kappa shape index (κ1) is 14.2. The smallest absolute Gasteiger partial charge is 0.174 e. The maximum absolute atomic E-state index is 5.48. The minimum absolute atomic E-state index is 0.225. The van der Waals surface area contributed by atoms with Crippen molar-refractivity contribution in [3.8, 4) is 0 Å². The summed E-state index contributed by atoms with van der Waals surface area (Å²) in [5.41, 5.74) is 1.12. The van der Waals surface area contributed by atoms with Gasteiger partial charge in [-0.25, -0.2) is 9.97 Å². The molecule has 1 aliphatic rings. The van der Waals surface area contributed by atoms with E-state index < -0.39 is 0 Å². The van der Waals surface area contributed by atoms with Crippen LogP contribution < -0.4 is 5.32 Å². The van der Waals surface area contributed by atoms with Crippen LogP contribution in [0.4, 0.5) is 5.82 Å². The third-order valence-electron chi connectivity index (χ3n) is 3.07. The number of aromatic nitrogens is 2. The van der Waals surface area contributed by atoms with Crippen LogP contribution in [0.3, 0.4) is 0 Å². The highest BCUT2D eigenvalue weighted by Gasteiger charge is 2.22. The van der Waals surface area contributed by atoms with E-state index in [9.17, 15) is 0 Å². The highest BCUT2D eigenvalue weighted by atomic mass is 16.7. The first-order valence-corrected chi connectivity index (χ1v) is 7.09. The second kappa shape index (κ2) is 7.40. The summed E-state index contributed by atoms with van der Waals surface area (Å²) < 4.78 is 11.0. The van der Waals surface area contributed by atoms with E-state index in [1.54, 1.807) is 6.33 Å². The van der Waals surface area contributed by atoms with Gasteiger partial charge in [-0.15, -0.1) is 0 Å². The molecule has 5 nitrogen and oxygen atoms in total. The van der Waals surface area contributed by atoms with Gasteiger partial charge in [-0.1, -0.05) is 0 Å². The van der Waals surface area contributed by atoms with Crippen LogP contribution in [-0.2, 0) is 15.9 Å². The quantitative estimate of drug-likeness (QED) is 0.694. The van der Waals surface area contributed by atoms with Crippen molar-refractivity contribution in [2.24, 2.45) is 5.92 Å². The van der Waals surface area contributed by atoms with Crippen LogP contribution >= 0.6 is 0 Å². The largest absolute Gasteiger partial charge is 0.365 e. The molecule has 0 radical (unpaired) electrons.